The van der Waals surface area contributed by atoms with Crippen molar-refractivity contribution in [1.29, 1.82) is 0 Å². The van der Waals surface area contributed by atoms with Gasteiger partial charge in [-0.25, -0.2) is 4.79 Å². The predicted octanol–water partition coefficient (Wildman–Crippen LogP) is 2.79. The van der Waals surface area contributed by atoms with Crippen molar-refractivity contribution in [2.24, 2.45) is 0 Å². The van der Waals surface area contributed by atoms with Crippen LogP contribution in [0, 0.1) is 0 Å². The van der Waals surface area contributed by atoms with Gasteiger partial charge in [-0.2, -0.15) is 0 Å². The van der Waals surface area contributed by atoms with Crippen LogP contribution in [0.5, 0.6) is 0 Å². The van der Waals surface area contributed by atoms with Crippen LogP contribution in [-0.4, -0.2) is 53.0 Å². The Hall–Kier alpha value is -2.18. The third kappa shape index (κ3) is 4.01. The van der Waals surface area contributed by atoms with Gasteiger partial charge in [-0.3, -0.25) is 9.69 Å². The molecule has 0 saturated carbocycles. The van der Waals surface area contributed by atoms with Crippen LogP contribution < -0.4 is 0 Å². The van der Waals surface area contributed by atoms with Crippen molar-refractivity contribution in [3.63, 3.8) is 0 Å². The topological polar surface area (TPSA) is 60.9 Å². The molecule has 126 valence electrons. The number of hydrogen-bond acceptors (Lipinski definition) is 4. The van der Waals surface area contributed by atoms with E-state index < -0.39 is 5.97 Å². The van der Waals surface area contributed by atoms with Crippen molar-refractivity contribution in [3.05, 3.63) is 57.8 Å². The monoisotopic (exact) mass is 344 g/mol. The number of thiophene rings is 1. The lowest BCUT2D eigenvalue weighted by atomic mass is 10.2. The Labute approximate surface area is 145 Å². The van der Waals surface area contributed by atoms with Gasteiger partial charge in [-0.1, -0.05) is 18.2 Å². The fourth-order valence-electron chi connectivity index (χ4n) is 2.89. The second-order valence-electron chi connectivity index (χ2n) is 5.89. The van der Waals surface area contributed by atoms with E-state index in [0.717, 1.165) is 43.0 Å². The average molecular weight is 344 g/mol. The third-order valence-electron chi connectivity index (χ3n) is 4.18. The Balaban J connectivity index is 1.58. The molecule has 0 spiro atoms. The molecule has 0 bridgehead atoms. The van der Waals surface area contributed by atoms with E-state index in [1.807, 2.05) is 35.2 Å². The molecule has 1 saturated heterocycles. The smallest absolute Gasteiger partial charge is 0.336 e. The number of carboxylic acids is 1. The number of hydrogen-bond donors (Lipinski definition) is 1. The molecule has 1 amide bonds. The minimum absolute atomic E-state index is 0.0849. The zero-order valence-corrected chi connectivity index (χ0v) is 14.2. The number of carbonyl (C=O) groups is 2. The van der Waals surface area contributed by atoms with Gasteiger partial charge in [-0.05, 0) is 24.6 Å². The van der Waals surface area contributed by atoms with E-state index in [0.29, 0.717) is 12.1 Å². The van der Waals surface area contributed by atoms with Crippen LogP contribution in [0.25, 0.3) is 0 Å². The number of amides is 1. The van der Waals surface area contributed by atoms with Crippen LogP contribution in [0.15, 0.2) is 41.8 Å². The average Bonchev–Trinajstić information content (AvgIpc) is 2.94. The molecule has 5 nitrogen and oxygen atoms in total. The standard InChI is InChI=1S/C18H20N2O3S/c21-17(14-5-2-1-3-6-14)20-8-4-7-19(9-10-20)12-16-11-15(13-24-16)18(22)23/h1-3,5-6,11,13H,4,7-10,12H2,(H,22,23). The highest BCUT2D eigenvalue weighted by Gasteiger charge is 2.20. The van der Waals surface area contributed by atoms with Crippen LogP contribution in [0.4, 0.5) is 0 Å². The minimum Gasteiger partial charge on any atom is -0.478 e. The van der Waals surface area contributed by atoms with Crippen molar-refractivity contribution in [1.82, 2.24) is 9.80 Å². The molecule has 1 N–H and O–H groups in total. The lowest BCUT2D eigenvalue weighted by Crippen LogP contribution is -2.35. The van der Waals surface area contributed by atoms with Crippen molar-refractivity contribution < 1.29 is 14.7 Å². The van der Waals surface area contributed by atoms with Gasteiger partial charge in [0.15, 0.2) is 0 Å². The second-order valence-corrected chi connectivity index (χ2v) is 6.89. The fourth-order valence-corrected chi connectivity index (χ4v) is 3.79. The first-order chi connectivity index (χ1) is 11.6. The van der Waals surface area contributed by atoms with E-state index in [-0.39, 0.29) is 5.91 Å². The van der Waals surface area contributed by atoms with E-state index in [2.05, 4.69) is 4.90 Å². The Morgan fingerprint density at radius 3 is 2.54 bits per heavy atom. The summed E-state index contributed by atoms with van der Waals surface area (Å²) in [5, 5.41) is 10.7. The SMILES string of the molecule is O=C(O)c1csc(CN2CCCN(C(=O)c3ccccc3)CC2)c1. The molecular weight excluding hydrogens is 324 g/mol. The molecule has 6 heteroatoms. The Morgan fingerprint density at radius 2 is 1.83 bits per heavy atom. The van der Waals surface area contributed by atoms with Crippen LogP contribution in [0.1, 0.15) is 32.0 Å². The van der Waals surface area contributed by atoms with Crippen molar-refractivity contribution in [3.8, 4) is 0 Å². The summed E-state index contributed by atoms with van der Waals surface area (Å²) in [5.74, 6) is -0.797. The minimum atomic E-state index is -0.881. The Kier molecular flexibility index (Phi) is 5.27. The molecule has 1 aliphatic heterocycles. The molecule has 1 aromatic carbocycles. The van der Waals surface area contributed by atoms with Crippen molar-refractivity contribution in [2.75, 3.05) is 26.2 Å². The predicted molar refractivity (Wildman–Crippen MR) is 93.5 cm³/mol. The van der Waals surface area contributed by atoms with E-state index in [9.17, 15) is 9.59 Å². The van der Waals surface area contributed by atoms with Gasteiger partial charge in [0.25, 0.3) is 5.91 Å². The Morgan fingerprint density at radius 1 is 1.04 bits per heavy atom. The van der Waals surface area contributed by atoms with Gasteiger partial charge in [0, 0.05) is 48.5 Å². The van der Waals surface area contributed by atoms with Crippen molar-refractivity contribution >= 4 is 23.2 Å². The zero-order chi connectivity index (χ0) is 16.9. The molecular formula is C18H20N2O3S. The summed E-state index contributed by atoms with van der Waals surface area (Å²) in [6, 6.07) is 11.1. The van der Waals surface area contributed by atoms with Crippen LogP contribution in [-0.2, 0) is 6.54 Å². The van der Waals surface area contributed by atoms with Crippen LogP contribution in [0.3, 0.4) is 0 Å². The molecule has 1 aliphatic rings. The maximum absolute atomic E-state index is 12.5. The Bertz CT molecular complexity index is 714. The van der Waals surface area contributed by atoms with E-state index in [1.54, 1.807) is 11.4 Å². The molecule has 0 radical (unpaired) electrons. The van der Waals surface area contributed by atoms with Gasteiger partial charge >= 0.3 is 5.97 Å². The maximum Gasteiger partial charge on any atom is 0.336 e. The molecule has 24 heavy (non-hydrogen) atoms. The van der Waals surface area contributed by atoms with Crippen LogP contribution >= 0.6 is 11.3 Å². The molecule has 1 aromatic heterocycles. The molecule has 0 atom stereocenters. The summed E-state index contributed by atoms with van der Waals surface area (Å²) in [6.07, 6.45) is 0.926. The van der Waals surface area contributed by atoms with Gasteiger partial charge < -0.3 is 10.0 Å². The summed E-state index contributed by atoms with van der Waals surface area (Å²) in [5.41, 5.74) is 1.08. The summed E-state index contributed by atoms with van der Waals surface area (Å²) < 4.78 is 0. The number of nitrogens with zero attached hydrogens (tertiary/aromatic N) is 2. The quantitative estimate of drug-likeness (QED) is 0.926. The van der Waals surface area contributed by atoms with Crippen LogP contribution in [0.2, 0.25) is 0 Å². The molecule has 1 fully saturated rings. The first-order valence-electron chi connectivity index (χ1n) is 8.01. The van der Waals surface area contributed by atoms with Gasteiger partial charge in [0.1, 0.15) is 0 Å². The van der Waals surface area contributed by atoms with Crippen molar-refractivity contribution in [2.45, 2.75) is 13.0 Å². The highest BCUT2D eigenvalue weighted by molar-refractivity contribution is 7.10. The highest BCUT2D eigenvalue weighted by atomic mass is 32.1. The van der Waals surface area contributed by atoms with Gasteiger partial charge in [0.05, 0.1) is 5.56 Å². The van der Waals surface area contributed by atoms with Gasteiger partial charge in [0.2, 0.25) is 0 Å². The fraction of sp³-hybridized carbons (Fsp3) is 0.333. The lowest BCUT2D eigenvalue weighted by Gasteiger charge is -2.21. The first-order valence-corrected chi connectivity index (χ1v) is 8.89. The van der Waals surface area contributed by atoms with E-state index >= 15 is 0 Å². The number of rotatable bonds is 4. The number of benzene rings is 1. The molecule has 2 heterocycles. The summed E-state index contributed by atoms with van der Waals surface area (Å²) in [4.78, 5) is 28.8. The number of carbonyl (C=O) groups excluding carboxylic acids is 1. The zero-order valence-electron chi connectivity index (χ0n) is 13.4. The summed E-state index contributed by atoms with van der Waals surface area (Å²) in [7, 11) is 0. The first kappa shape index (κ1) is 16.7. The van der Waals surface area contributed by atoms with Gasteiger partial charge in [-0.15, -0.1) is 11.3 Å². The lowest BCUT2D eigenvalue weighted by molar-refractivity contribution is 0.0696. The van der Waals surface area contributed by atoms with E-state index in [4.69, 9.17) is 5.11 Å². The number of aromatic carboxylic acids is 1. The summed E-state index contributed by atoms with van der Waals surface area (Å²) in [6.45, 7) is 3.92. The molecule has 0 aliphatic carbocycles. The maximum atomic E-state index is 12.5. The molecule has 2 aromatic rings. The molecule has 3 rings (SSSR count). The third-order valence-corrected chi connectivity index (χ3v) is 5.10. The highest BCUT2D eigenvalue weighted by Crippen LogP contribution is 2.18. The summed E-state index contributed by atoms with van der Waals surface area (Å²) >= 11 is 1.48. The normalized spacial score (nSPS) is 15.9. The molecule has 0 unspecified atom stereocenters. The largest absolute Gasteiger partial charge is 0.478 e. The van der Waals surface area contributed by atoms with E-state index in [1.165, 1.54) is 11.3 Å². The number of carboxylic acid groups (broad SMARTS) is 1. The second kappa shape index (κ2) is 7.59.